The first-order valence-electron chi connectivity index (χ1n) is 8.24. The minimum Gasteiger partial charge on any atom is -0.497 e. The third-order valence-electron chi connectivity index (χ3n) is 4.64. The second-order valence-corrected chi connectivity index (χ2v) is 6.34. The van der Waals surface area contributed by atoms with Crippen LogP contribution in [0.4, 0.5) is 0 Å². The Morgan fingerprint density at radius 3 is 2.50 bits per heavy atom. The summed E-state index contributed by atoms with van der Waals surface area (Å²) in [7, 11) is 1.72. The van der Waals surface area contributed by atoms with E-state index in [1.165, 1.54) is 57.1 Å². The molecular weight excluding hydrogens is 246 g/mol. The Hall–Kier alpha value is -1.02. The van der Waals surface area contributed by atoms with E-state index < -0.39 is 0 Å². The smallest absolute Gasteiger partial charge is 0.118 e. The van der Waals surface area contributed by atoms with Gasteiger partial charge in [0.05, 0.1) is 19.7 Å². The van der Waals surface area contributed by atoms with Crippen molar-refractivity contribution in [3.05, 3.63) is 29.8 Å². The van der Waals surface area contributed by atoms with E-state index >= 15 is 0 Å². The monoisotopic (exact) mass is 276 g/mol. The van der Waals surface area contributed by atoms with Gasteiger partial charge in [-0.2, -0.15) is 0 Å². The molecule has 2 nitrogen and oxygen atoms in total. The van der Waals surface area contributed by atoms with Crippen molar-refractivity contribution in [1.82, 2.24) is 0 Å². The number of methoxy groups -OCH3 is 1. The van der Waals surface area contributed by atoms with Gasteiger partial charge < -0.3 is 10.1 Å². The molecule has 0 aromatic heterocycles. The average Bonchev–Trinajstić information content (AvgIpc) is 2.52. The summed E-state index contributed by atoms with van der Waals surface area (Å²) < 4.78 is 5.19. The second-order valence-electron chi connectivity index (χ2n) is 6.34. The zero-order valence-electron chi connectivity index (χ0n) is 13.1. The van der Waals surface area contributed by atoms with Crippen LogP contribution in [0.1, 0.15) is 51.0 Å². The normalized spacial score (nSPS) is 17.9. The SMILES string of the molecule is COc1ccc(CC[C@H](C)[NH2+]CC2CCCCC2)cc1. The lowest BCUT2D eigenvalue weighted by Gasteiger charge is -2.21. The second kappa shape index (κ2) is 8.31. The third kappa shape index (κ3) is 5.16. The van der Waals surface area contributed by atoms with Gasteiger partial charge in [0, 0.05) is 12.3 Å². The Bertz CT molecular complexity index is 368. The zero-order chi connectivity index (χ0) is 14.2. The summed E-state index contributed by atoms with van der Waals surface area (Å²) in [4.78, 5) is 0. The lowest BCUT2D eigenvalue weighted by molar-refractivity contribution is -0.692. The number of rotatable bonds is 7. The van der Waals surface area contributed by atoms with Crippen molar-refractivity contribution < 1.29 is 10.1 Å². The number of quaternary nitrogens is 1. The zero-order valence-corrected chi connectivity index (χ0v) is 13.1. The van der Waals surface area contributed by atoms with Crippen LogP contribution in [0.5, 0.6) is 5.75 Å². The Kier molecular flexibility index (Phi) is 6.38. The van der Waals surface area contributed by atoms with Gasteiger partial charge in [-0.15, -0.1) is 0 Å². The summed E-state index contributed by atoms with van der Waals surface area (Å²) in [5.41, 5.74) is 1.42. The summed E-state index contributed by atoms with van der Waals surface area (Å²) in [5, 5.41) is 2.57. The number of ether oxygens (including phenoxy) is 1. The molecule has 1 saturated carbocycles. The van der Waals surface area contributed by atoms with Crippen molar-refractivity contribution in [1.29, 1.82) is 0 Å². The van der Waals surface area contributed by atoms with Crippen LogP contribution in [0.15, 0.2) is 24.3 Å². The Morgan fingerprint density at radius 2 is 1.85 bits per heavy atom. The van der Waals surface area contributed by atoms with Gasteiger partial charge in [0.25, 0.3) is 0 Å². The fourth-order valence-corrected chi connectivity index (χ4v) is 3.15. The lowest BCUT2D eigenvalue weighted by atomic mass is 9.89. The van der Waals surface area contributed by atoms with E-state index in [0.29, 0.717) is 0 Å². The molecule has 0 saturated heterocycles. The van der Waals surface area contributed by atoms with E-state index in [2.05, 4.69) is 36.5 Å². The predicted molar refractivity (Wildman–Crippen MR) is 84.1 cm³/mol. The Morgan fingerprint density at radius 1 is 1.15 bits per heavy atom. The van der Waals surface area contributed by atoms with Gasteiger partial charge in [0.1, 0.15) is 5.75 Å². The standard InChI is InChI=1S/C18H29NO/c1-15(19-14-17-6-4-3-5-7-17)8-9-16-10-12-18(20-2)13-11-16/h10-13,15,17,19H,3-9,14H2,1-2H3/p+1/t15-/m0/s1. The molecule has 0 radical (unpaired) electrons. The molecule has 0 bridgehead atoms. The Balaban J connectivity index is 1.64. The number of aryl methyl sites for hydroxylation is 1. The molecule has 20 heavy (non-hydrogen) atoms. The highest BCUT2D eigenvalue weighted by Crippen LogP contribution is 2.22. The highest BCUT2D eigenvalue weighted by Gasteiger charge is 2.16. The molecule has 0 unspecified atom stereocenters. The molecule has 2 rings (SSSR count). The van der Waals surface area contributed by atoms with Crippen LogP contribution in [0.2, 0.25) is 0 Å². The fourth-order valence-electron chi connectivity index (χ4n) is 3.15. The van der Waals surface area contributed by atoms with Gasteiger partial charge in [-0.05, 0) is 43.9 Å². The van der Waals surface area contributed by atoms with Crippen molar-refractivity contribution in [2.24, 2.45) is 5.92 Å². The van der Waals surface area contributed by atoms with Crippen molar-refractivity contribution in [3.63, 3.8) is 0 Å². The van der Waals surface area contributed by atoms with Crippen LogP contribution in [0, 0.1) is 5.92 Å². The maximum Gasteiger partial charge on any atom is 0.118 e. The van der Waals surface area contributed by atoms with Gasteiger partial charge in [0.2, 0.25) is 0 Å². The molecule has 0 aliphatic heterocycles. The topological polar surface area (TPSA) is 25.8 Å². The molecule has 1 aliphatic carbocycles. The molecule has 1 aromatic carbocycles. The minimum absolute atomic E-state index is 0.735. The number of nitrogens with two attached hydrogens (primary N) is 1. The van der Waals surface area contributed by atoms with Crippen LogP contribution < -0.4 is 10.1 Å². The maximum atomic E-state index is 5.19. The highest BCUT2D eigenvalue weighted by molar-refractivity contribution is 5.27. The predicted octanol–water partition coefficient (Wildman–Crippen LogP) is 3.16. The number of hydrogen-bond donors (Lipinski definition) is 1. The molecule has 2 N–H and O–H groups in total. The molecule has 1 aliphatic rings. The quantitative estimate of drug-likeness (QED) is 0.813. The van der Waals surface area contributed by atoms with Crippen molar-refractivity contribution in [2.45, 2.75) is 57.9 Å². The summed E-state index contributed by atoms with van der Waals surface area (Å²) >= 11 is 0. The van der Waals surface area contributed by atoms with Gasteiger partial charge in [-0.3, -0.25) is 0 Å². The first kappa shape index (κ1) is 15.4. The molecule has 0 spiro atoms. The summed E-state index contributed by atoms with van der Waals surface area (Å²) in [6, 6.07) is 9.23. The molecule has 1 aromatic rings. The molecule has 1 atom stereocenters. The van der Waals surface area contributed by atoms with Crippen LogP contribution in [-0.4, -0.2) is 19.7 Å². The van der Waals surface area contributed by atoms with E-state index in [1.807, 2.05) is 0 Å². The first-order chi connectivity index (χ1) is 9.78. The van der Waals surface area contributed by atoms with E-state index in [9.17, 15) is 0 Å². The maximum absolute atomic E-state index is 5.19. The summed E-state index contributed by atoms with van der Waals surface area (Å²) in [5.74, 6) is 1.93. The molecule has 0 heterocycles. The molecule has 2 heteroatoms. The van der Waals surface area contributed by atoms with E-state index in [0.717, 1.165) is 17.7 Å². The van der Waals surface area contributed by atoms with Crippen LogP contribution >= 0.6 is 0 Å². The van der Waals surface area contributed by atoms with Crippen LogP contribution in [-0.2, 0) is 6.42 Å². The third-order valence-corrected chi connectivity index (χ3v) is 4.64. The van der Waals surface area contributed by atoms with Crippen molar-refractivity contribution in [3.8, 4) is 5.75 Å². The number of hydrogen-bond acceptors (Lipinski definition) is 1. The van der Waals surface area contributed by atoms with E-state index in [1.54, 1.807) is 7.11 Å². The largest absolute Gasteiger partial charge is 0.497 e. The van der Waals surface area contributed by atoms with Crippen LogP contribution in [0.3, 0.4) is 0 Å². The fraction of sp³-hybridized carbons (Fsp3) is 0.667. The lowest BCUT2D eigenvalue weighted by Crippen LogP contribution is -2.90. The van der Waals surface area contributed by atoms with Gasteiger partial charge in [-0.1, -0.05) is 31.4 Å². The van der Waals surface area contributed by atoms with Crippen LogP contribution in [0.25, 0.3) is 0 Å². The molecule has 1 fully saturated rings. The van der Waals surface area contributed by atoms with Crippen molar-refractivity contribution in [2.75, 3.05) is 13.7 Å². The van der Waals surface area contributed by atoms with Crippen molar-refractivity contribution >= 4 is 0 Å². The summed E-state index contributed by atoms with van der Waals surface area (Å²) in [6.45, 7) is 3.70. The highest BCUT2D eigenvalue weighted by atomic mass is 16.5. The van der Waals surface area contributed by atoms with Gasteiger partial charge >= 0.3 is 0 Å². The van der Waals surface area contributed by atoms with Gasteiger partial charge in [0.15, 0.2) is 0 Å². The minimum atomic E-state index is 0.735. The van der Waals surface area contributed by atoms with E-state index in [4.69, 9.17) is 4.74 Å². The molecular formula is C18H30NO+. The number of benzene rings is 1. The van der Waals surface area contributed by atoms with Gasteiger partial charge in [-0.25, -0.2) is 0 Å². The summed E-state index contributed by atoms with van der Waals surface area (Å²) in [6.07, 6.45) is 9.73. The average molecular weight is 276 g/mol. The molecule has 0 amide bonds. The first-order valence-corrected chi connectivity index (χ1v) is 8.24. The Labute approximate surface area is 123 Å². The molecule has 112 valence electrons. The van der Waals surface area contributed by atoms with E-state index in [-0.39, 0.29) is 0 Å².